The first-order valence-electron chi connectivity index (χ1n) is 9.15. The van der Waals surface area contributed by atoms with Crippen molar-refractivity contribution < 1.29 is 4.42 Å². The minimum absolute atomic E-state index is 0.402. The Labute approximate surface area is 131 Å². The lowest BCUT2D eigenvalue weighted by Gasteiger charge is -2.15. The van der Waals surface area contributed by atoms with Gasteiger partial charge in [-0.05, 0) is 25.1 Å². The van der Waals surface area contributed by atoms with Crippen LogP contribution in [0.3, 0.4) is 0 Å². The summed E-state index contributed by atoms with van der Waals surface area (Å²) in [6.07, 6.45) is 16.9. The van der Waals surface area contributed by atoms with E-state index in [4.69, 9.17) is 4.42 Å². The Morgan fingerprint density at radius 1 is 0.905 bits per heavy atom. The maximum Gasteiger partial charge on any atom is 0.120 e. The van der Waals surface area contributed by atoms with Gasteiger partial charge in [0, 0.05) is 0 Å². The molecular weight excluding hydrogens is 258 g/mol. The molecule has 21 heavy (non-hydrogen) atoms. The summed E-state index contributed by atoms with van der Waals surface area (Å²) >= 11 is 0. The zero-order valence-corrected chi connectivity index (χ0v) is 14.2. The van der Waals surface area contributed by atoms with Gasteiger partial charge in [-0.2, -0.15) is 0 Å². The molecule has 1 rings (SSSR count). The van der Waals surface area contributed by atoms with Gasteiger partial charge in [0.05, 0.1) is 12.3 Å². The Morgan fingerprint density at radius 2 is 1.52 bits per heavy atom. The lowest BCUT2D eigenvalue weighted by molar-refractivity contribution is 0.389. The molecule has 0 aliphatic carbocycles. The zero-order valence-electron chi connectivity index (χ0n) is 14.2. The van der Waals surface area contributed by atoms with Crippen molar-refractivity contribution in [3.63, 3.8) is 0 Å². The van der Waals surface area contributed by atoms with Gasteiger partial charge >= 0.3 is 0 Å². The van der Waals surface area contributed by atoms with E-state index in [2.05, 4.69) is 25.2 Å². The third-order valence-electron chi connectivity index (χ3n) is 4.18. The normalized spacial score (nSPS) is 12.7. The van der Waals surface area contributed by atoms with Crippen LogP contribution in [0.25, 0.3) is 0 Å². The number of hydrogen-bond acceptors (Lipinski definition) is 2. The minimum atomic E-state index is 0.402. The van der Waals surface area contributed by atoms with E-state index in [-0.39, 0.29) is 0 Å². The second-order valence-electron chi connectivity index (χ2n) is 6.10. The van der Waals surface area contributed by atoms with Gasteiger partial charge in [0.2, 0.25) is 0 Å². The SMILES string of the molecule is CCCCCCCCCCCCC(NCC)c1ccco1. The predicted octanol–water partition coefficient (Wildman–Crippen LogP) is 6.24. The first-order valence-corrected chi connectivity index (χ1v) is 9.15. The van der Waals surface area contributed by atoms with Crippen LogP contribution in [0, 0.1) is 0 Å². The monoisotopic (exact) mass is 293 g/mol. The van der Waals surface area contributed by atoms with Gasteiger partial charge in [-0.1, -0.05) is 78.1 Å². The van der Waals surface area contributed by atoms with Crippen LogP contribution in [0.15, 0.2) is 22.8 Å². The summed E-state index contributed by atoms with van der Waals surface area (Å²) in [5.74, 6) is 1.09. The maximum absolute atomic E-state index is 5.53. The molecule has 0 saturated carbocycles. The summed E-state index contributed by atoms with van der Waals surface area (Å²) < 4.78 is 5.53. The Morgan fingerprint density at radius 3 is 2.05 bits per heavy atom. The van der Waals surface area contributed by atoms with Crippen LogP contribution in [0.4, 0.5) is 0 Å². The van der Waals surface area contributed by atoms with E-state index in [0.29, 0.717) is 6.04 Å². The first kappa shape index (κ1) is 18.3. The van der Waals surface area contributed by atoms with Crippen molar-refractivity contribution in [2.45, 2.75) is 90.5 Å². The average Bonchev–Trinajstić information content (AvgIpc) is 3.02. The van der Waals surface area contributed by atoms with Crippen molar-refractivity contribution in [3.05, 3.63) is 24.2 Å². The molecule has 0 aliphatic heterocycles. The number of nitrogens with one attached hydrogen (secondary N) is 1. The smallest absolute Gasteiger partial charge is 0.120 e. The van der Waals surface area contributed by atoms with Gasteiger partial charge in [-0.25, -0.2) is 0 Å². The van der Waals surface area contributed by atoms with Crippen LogP contribution in [-0.4, -0.2) is 6.54 Å². The Bertz CT molecular complexity index is 307. The van der Waals surface area contributed by atoms with Crippen LogP contribution >= 0.6 is 0 Å². The Hall–Kier alpha value is -0.760. The molecule has 1 atom stereocenters. The quantitative estimate of drug-likeness (QED) is 0.411. The second kappa shape index (κ2) is 12.9. The molecule has 0 fully saturated rings. The van der Waals surface area contributed by atoms with Gasteiger partial charge in [0.1, 0.15) is 5.76 Å². The fourth-order valence-corrected chi connectivity index (χ4v) is 2.92. The molecule has 2 heteroatoms. The largest absolute Gasteiger partial charge is 0.468 e. The molecule has 1 aromatic heterocycles. The van der Waals surface area contributed by atoms with Crippen molar-refractivity contribution in [2.75, 3.05) is 6.54 Å². The minimum Gasteiger partial charge on any atom is -0.468 e. The lowest BCUT2D eigenvalue weighted by Crippen LogP contribution is -2.20. The number of rotatable bonds is 14. The van der Waals surface area contributed by atoms with Gasteiger partial charge in [0.15, 0.2) is 0 Å². The summed E-state index contributed by atoms with van der Waals surface area (Å²) in [5.41, 5.74) is 0. The highest BCUT2D eigenvalue weighted by Crippen LogP contribution is 2.21. The van der Waals surface area contributed by atoms with Gasteiger partial charge in [-0.3, -0.25) is 0 Å². The lowest BCUT2D eigenvalue weighted by atomic mass is 10.0. The van der Waals surface area contributed by atoms with E-state index in [0.717, 1.165) is 12.3 Å². The molecule has 1 heterocycles. The Balaban J connectivity index is 1.97. The first-order chi connectivity index (χ1) is 10.4. The standard InChI is InChI=1S/C19H35NO/c1-3-5-6-7-8-9-10-11-12-13-15-18(20-4-2)19-16-14-17-21-19/h14,16-18,20H,3-13,15H2,1-2H3. The molecule has 0 saturated heterocycles. The Kier molecular flexibility index (Phi) is 11.3. The van der Waals surface area contributed by atoms with Crippen molar-refractivity contribution in [1.82, 2.24) is 5.32 Å². The molecule has 122 valence electrons. The summed E-state index contributed by atoms with van der Waals surface area (Å²) in [6, 6.07) is 4.47. The summed E-state index contributed by atoms with van der Waals surface area (Å²) in [6.45, 7) is 5.45. The number of unbranched alkanes of at least 4 members (excludes halogenated alkanes) is 9. The molecule has 1 N–H and O–H groups in total. The average molecular weight is 293 g/mol. The van der Waals surface area contributed by atoms with Crippen molar-refractivity contribution in [2.24, 2.45) is 0 Å². The molecule has 2 nitrogen and oxygen atoms in total. The maximum atomic E-state index is 5.53. The summed E-state index contributed by atoms with van der Waals surface area (Å²) in [5, 5.41) is 3.52. The fourth-order valence-electron chi connectivity index (χ4n) is 2.92. The van der Waals surface area contributed by atoms with Crippen LogP contribution in [0.2, 0.25) is 0 Å². The van der Waals surface area contributed by atoms with Crippen LogP contribution < -0.4 is 5.32 Å². The number of furan rings is 1. The summed E-state index contributed by atoms with van der Waals surface area (Å²) in [4.78, 5) is 0. The van der Waals surface area contributed by atoms with E-state index < -0.39 is 0 Å². The topological polar surface area (TPSA) is 25.2 Å². The molecule has 0 radical (unpaired) electrons. The second-order valence-corrected chi connectivity index (χ2v) is 6.10. The highest BCUT2D eigenvalue weighted by atomic mass is 16.3. The van der Waals surface area contributed by atoms with Crippen molar-refractivity contribution in [1.29, 1.82) is 0 Å². The van der Waals surface area contributed by atoms with Crippen molar-refractivity contribution in [3.8, 4) is 0 Å². The highest BCUT2D eigenvalue weighted by molar-refractivity contribution is 5.04. The van der Waals surface area contributed by atoms with Crippen LogP contribution in [0.5, 0.6) is 0 Å². The third-order valence-corrected chi connectivity index (χ3v) is 4.18. The molecule has 0 bridgehead atoms. The fraction of sp³-hybridized carbons (Fsp3) is 0.789. The van der Waals surface area contributed by atoms with Gasteiger partial charge < -0.3 is 9.73 Å². The molecular formula is C19H35NO. The van der Waals surface area contributed by atoms with Gasteiger partial charge in [-0.15, -0.1) is 0 Å². The van der Waals surface area contributed by atoms with Gasteiger partial charge in [0.25, 0.3) is 0 Å². The molecule has 0 aliphatic rings. The van der Waals surface area contributed by atoms with E-state index >= 15 is 0 Å². The molecule has 0 aromatic carbocycles. The van der Waals surface area contributed by atoms with E-state index in [1.54, 1.807) is 6.26 Å². The van der Waals surface area contributed by atoms with E-state index in [1.165, 1.54) is 70.6 Å². The number of hydrogen-bond donors (Lipinski definition) is 1. The molecule has 0 amide bonds. The zero-order chi connectivity index (χ0) is 15.2. The predicted molar refractivity (Wildman–Crippen MR) is 91.6 cm³/mol. The van der Waals surface area contributed by atoms with E-state index in [1.807, 2.05) is 6.07 Å². The van der Waals surface area contributed by atoms with E-state index in [9.17, 15) is 0 Å². The summed E-state index contributed by atoms with van der Waals surface area (Å²) in [7, 11) is 0. The third kappa shape index (κ3) is 8.98. The van der Waals surface area contributed by atoms with Crippen LogP contribution in [-0.2, 0) is 0 Å². The molecule has 1 unspecified atom stereocenters. The van der Waals surface area contributed by atoms with Crippen LogP contribution in [0.1, 0.15) is 96.3 Å². The highest BCUT2D eigenvalue weighted by Gasteiger charge is 2.11. The molecule has 1 aromatic rings. The molecule has 0 spiro atoms. The van der Waals surface area contributed by atoms with Crippen molar-refractivity contribution >= 4 is 0 Å².